The van der Waals surface area contributed by atoms with Crippen molar-refractivity contribution in [1.29, 1.82) is 0 Å². The molecule has 1 aromatic heterocycles. The molecule has 0 radical (unpaired) electrons. The number of aromatic nitrogens is 1. The molecule has 0 aliphatic carbocycles. The van der Waals surface area contributed by atoms with Gasteiger partial charge in [-0.15, -0.1) is 0 Å². The van der Waals surface area contributed by atoms with E-state index < -0.39 is 5.97 Å². The fraction of sp³-hybridized carbons (Fsp3) is 0. The largest absolute Gasteiger partial charge is 0.545 e. The number of rotatable bonds is 2. The summed E-state index contributed by atoms with van der Waals surface area (Å²) in [6, 6.07) is 6.22. The summed E-state index contributed by atoms with van der Waals surface area (Å²) in [6.07, 6.45) is 2.88. The molecular weight excluding hydrogens is 182 g/mol. The highest BCUT2D eigenvalue weighted by Gasteiger charge is 2.00. The molecule has 1 heterocycles. The zero-order valence-electron chi connectivity index (χ0n) is 7.14. The lowest BCUT2D eigenvalue weighted by Gasteiger charge is -2.01. The van der Waals surface area contributed by atoms with Gasteiger partial charge in [0.1, 0.15) is 0 Å². The highest BCUT2D eigenvalue weighted by molar-refractivity contribution is 5.86. The van der Waals surface area contributed by atoms with Crippen LogP contribution in [0.1, 0.15) is 10.4 Å². The number of benzene rings is 1. The second-order valence-electron chi connectivity index (χ2n) is 2.73. The Kier molecular flexibility index (Phi) is 2.02. The van der Waals surface area contributed by atoms with E-state index in [0.717, 1.165) is 5.56 Å². The fourth-order valence-corrected chi connectivity index (χ4v) is 1.13. The Morgan fingerprint density at radius 1 is 1.29 bits per heavy atom. The highest BCUT2D eigenvalue weighted by atomic mass is 16.4. The molecule has 0 atom stereocenters. The van der Waals surface area contributed by atoms with Gasteiger partial charge in [0.2, 0.25) is 0 Å². The summed E-state index contributed by atoms with van der Waals surface area (Å²) >= 11 is 0. The standard InChI is InChI=1S/C10H7NO3/c12-10(13)8-3-1-7(2-4-8)9-5-11-6-14-9/h1-6H,(H,12,13)/p-1. The van der Waals surface area contributed by atoms with E-state index in [2.05, 4.69) is 4.98 Å². The van der Waals surface area contributed by atoms with Crippen LogP contribution in [0.15, 0.2) is 41.3 Å². The first-order chi connectivity index (χ1) is 6.77. The quantitative estimate of drug-likeness (QED) is 0.695. The van der Waals surface area contributed by atoms with E-state index in [1.54, 1.807) is 18.3 Å². The minimum atomic E-state index is -1.19. The number of carbonyl (C=O) groups is 1. The van der Waals surface area contributed by atoms with Crippen molar-refractivity contribution in [3.05, 3.63) is 42.4 Å². The molecule has 0 unspecified atom stereocenters. The van der Waals surface area contributed by atoms with Crippen molar-refractivity contribution in [2.75, 3.05) is 0 Å². The molecule has 2 aromatic rings. The molecular formula is C10H6NO3-. The van der Waals surface area contributed by atoms with Gasteiger partial charge in [-0.05, 0) is 5.56 Å². The van der Waals surface area contributed by atoms with Crippen molar-refractivity contribution in [2.45, 2.75) is 0 Å². The summed E-state index contributed by atoms with van der Waals surface area (Å²) < 4.78 is 5.05. The third kappa shape index (κ3) is 1.50. The number of carboxylic acids is 1. The van der Waals surface area contributed by atoms with Gasteiger partial charge in [-0.1, -0.05) is 24.3 Å². The van der Waals surface area contributed by atoms with E-state index in [9.17, 15) is 9.90 Å². The van der Waals surface area contributed by atoms with Crippen LogP contribution in [0, 0.1) is 0 Å². The Bertz CT molecular complexity index is 431. The topological polar surface area (TPSA) is 66.2 Å². The van der Waals surface area contributed by atoms with E-state index in [1.807, 2.05) is 0 Å². The van der Waals surface area contributed by atoms with Crippen molar-refractivity contribution >= 4 is 5.97 Å². The van der Waals surface area contributed by atoms with Gasteiger partial charge >= 0.3 is 0 Å². The molecule has 0 spiro atoms. The first kappa shape index (κ1) is 8.50. The Hall–Kier alpha value is -2.10. The fourth-order valence-electron chi connectivity index (χ4n) is 1.13. The number of aromatic carboxylic acids is 1. The highest BCUT2D eigenvalue weighted by Crippen LogP contribution is 2.18. The molecule has 0 aliphatic heterocycles. The first-order valence-electron chi connectivity index (χ1n) is 3.97. The number of carboxylic acid groups (broad SMARTS) is 1. The average Bonchev–Trinajstić information content (AvgIpc) is 2.71. The maximum atomic E-state index is 10.5. The molecule has 1 aromatic carbocycles. The van der Waals surface area contributed by atoms with Crippen LogP contribution in [0.3, 0.4) is 0 Å². The minimum absolute atomic E-state index is 0.147. The van der Waals surface area contributed by atoms with Gasteiger partial charge in [-0.3, -0.25) is 0 Å². The molecule has 2 rings (SSSR count). The van der Waals surface area contributed by atoms with Crippen LogP contribution in [0.5, 0.6) is 0 Å². The predicted molar refractivity (Wildman–Crippen MR) is 46.3 cm³/mol. The lowest BCUT2D eigenvalue weighted by Crippen LogP contribution is -2.21. The summed E-state index contributed by atoms with van der Waals surface area (Å²) in [5.41, 5.74) is 0.931. The molecule has 0 amide bonds. The average molecular weight is 188 g/mol. The van der Waals surface area contributed by atoms with E-state index in [-0.39, 0.29) is 5.56 Å². The summed E-state index contributed by atoms with van der Waals surface area (Å²) in [5.74, 6) is -0.580. The molecule has 0 aliphatic rings. The summed E-state index contributed by atoms with van der Waals surface area (Å²) in [6.45, 7) is 0. The summed E-state index contributed by atoms with van der Waals surface area (Å²) in [4.78, 5) is 14.2. The lowest BCUT2D eigenvalue weighted by atomic mass is 10.1. The van der Waals surface area contributed by atoms with Crippen LogP contribution in [-0.2, 0) is 0 Å². The maximum Gasteiger partial charge on any atom is 0.181 e. The van der Waals surface area contributed by atoms with Gasteiger partial charge < -0.3 is 14.3 Å². The molecule has 0 fully saturated rings. The second kappa shape index (κ2) is 3.33. The summed E-state index contributed by atoms with van der Waals surface area (Å²) in [5, 5.41) is 10.5. The van der Waals surface area contributed by atoms with E-state index >= 15 is 0 Å². The number of hydrogen-bond acceptors (Lipinski definition) is 4. The van der Waals surface area contributed by atoms with Gasteiger partial charge in [-0.25, -0.2) is 4.98 Å². The molecule has 4 heteroatoms. The minimum Gasteiger partial charge on any atom is -0.545 e. The van der Waals surface area contributed by atoms with Crippen molar-refractivity contribution in [3.8, 4) is 11.3 Å². The van der Waals surface area contributed by atoms with Gasteiger partial charge in [0.15, 0.2) is 12.2 Å². The van der Waals surface area contributed by atoms with Crippen molar-refractivity contribution in [2.24, 2.45) is 0 Å². The van der Waals surface area contributed by atoms with Gasteiger partial charge in [0, 0.05) is 5.56 Å². The molecule has 0 N–H and O–H groups in total. The molecule has 0 bridgehead atoms. The van der Waals surface area contributed by atoms with Gasteiger partial charge in [0.05, 0.1) is 12.2 Å². The Morgan fingerprint density at radius 3 is 2.50 bits per heavy atom. The first-order valence-corrected chi connectivity index (χ1v) is 3.97. The zero-order chi connectivity index (χ0) is 9.97. The van der Waals surface area contributed by atoms with Crippen LogP contribution in [-0.4, -0.2) is 11.0 Å². The predicted octanol–water partition coefficient (Wildman–Crippen LogP) is 0.705. The smallest absolute Gasteiger partial charge is 0.181 e. The van der Waals surface area contributed by atoms with Crippen molar-refractivity contribution in [1.82, 2.24) is 4.98 Å². The van der Waals surface area contributed by atoms with Gasteiger partial charge in [-0.2, -0.15) is 0 Å². The second-order valence-corrected chi connectivity index (χ2v) is 2.73. The Balaban J connectivity index is 2.36. The molecule has 4 nitrogen and oxygen atoms in total. The van der Waals surface area contributed by atoms with E-state index in [0.29, 0.717) is 5.76 Å². The third-order valence-corrected chi connectivity index (χ3v) is 1.84. The van der Waals surface area contributed by atoms with Crippen LogP contribution in [0.25, 0.3) is 11.3 Å². The zero-order valence-corrected chi connectivity index (χ0v) is 7.14. The van der Waals surface area contributed by atoms with Crippen LogP contribution < -0.4 is 5.11 Å². The number of nitrogens with zero attached hydrogens (tertiary/aromatic N) is 1. The van der Waals surface area contributed by atoms with Crippen LogP contribution in [0.2, 0.25) is 0 Å². The number of oxazole rings is 1. The third-order valence-electron chi connectivity index (χ3n) is 1.84. The van der Waals surface area contributed by atoms with Crippen LogP contribution in [0.4, 0.5) is 0 Å². The molecule has 0 saturated heterocycles. The normalized spacial score (nSPS) is 10.0. The number of hydrogen-bond donors (Lipinski definition) is 0. The lowest BCUT2D eigenvalue weighted by molar-refractivity contribution is -0.255. The van der Waals surface area contributed by atoms with Crippen molar-refractivity contribution < 1.29 is 14.3 Å². The van der Waals surface area contributed by atoms with E-state index in [4.69, 9.17) is 4.42 Å². The monoisotopic (exact) mass is 188 g/mol. The molecule has 0 saturated carbocycles. The Labute approximate surface area is 79.8 Å². The van der Waals surface area contributed by atoms with Crippen LogP contribution >= 0.6 is 0 Å². The molecule has 14 heavy (non-hydrogen) atoms. The Morgan fingerprint density at radius 2 is 2.00 bits per heavy atom. The maximum absolute atomic E-state index is 10.5. The summed E-state index contributed by atoms with van der Waals surface area (Å²) in [7, 11) is 0. The van der Waals surface area contributed by atoms with Crippen molar-refractivity contribution in [3.63, 3.8) is 0 Å². The SMILES string of the molecule is O=C([O-])c1ccc(-c2cnco2)cc1. The molecule has 70 valence electrons. The number of carbonyl (C=O) groups excluding carboxylic acids is 1. The van der Waals surface area contributed by atoms with Gasteiger partial charge in [0.25, 0.3) is 0 Å². The van der Waals surface area contributed by atoms with E-state index in [1.165, 1.54) is 18.5 Å².